The lowest BCUT2D eigenvalue weighted by Gasteiger charge is -2.14. The number of carbonyl (C=O) groups excluding carboxylic acids is 1. The second kappa shape index (κ2) is 7.29. The number of thiazole rings is 1. The van der Waals surface area contributed by atoms with E-state index in [0.29, 0.717) is 11.7 Å². The summed E-state index contributed by atoms with van der Waals surface area (Å²) >= 11 is 3.14. The van der Waals surface area contributed by atoms with Crippen molar-refractivity contribution in [2.24, 2.45) is 5.92 Å². The lowest BCUT2D eigenvalue weighted by Crippen LogP contribution is -2.30. The minimum Gasteiger partial charge on any atom is -0.340 e. The van der Waals surface area contributed by atoms with Crippen molar-refractivity contribution >= 4 is 28.6 Å². The SMILES string of the molecule is O=C(N[C@@H](c1nccs1)C1CC1)c1nc(-c2cccs2)n(-c2ccccc2)n1. The number of rotatable bonds is 6. The minimum atomic E-state index is -0.264. The van der Waals surface area contributed by atoms with Gasteiger partial charge in [0, 0.05) is 11.6 Å². The molecule has 6 nitrogen and oxygen atoms in total. The summed E-state index contributed by atoms with van der Waals surface area (Å²) in [5, 5.41) is 12.5. The lowest BCUT2D eigenvalue weighted by atomic mass is 10.2. The Labute approximate surface area is 169 Å². The fourth-order valence-electron chi connectivity index (χ4n) is 3.13. The van der Waals surface area contributed by atoms with E-state index in [0.717, 1.165) is 28.4 Å². The van der Waals surface area contributed by atoms with E-state index in [1.54, 1.807) is 33.6 Å². The van der Waals surface area contributed by atoms with Crippen molar-refractivity contribution in [3.63, 3.8) is 0 Å². The number of nitrogens with one attached hydrogen (secondary N) is 1. The van der Waals surface area contributed by atoms with E-state index in [4.69, 9.17) is 0 Å². The zero-order valence-electron chi connectivity index (χ0n) is 14.9. The molecule has 8 heteroatoms. The summed E-state index contributed by atoms with van der Waals surface area (Å²) < 4.78 is 1.73. The minimum absolute atomic E-state index is 0.0682. The first kappa shape index (κ1) is 17.3. The Hall–Kier alpha value is -2.84. The van der Waals surface area contributed by atoms with Gasteiger partial charge in [0.25, 0.3) is 5.91 Å². The standard InChI is InChI=1S/C20H17N5OS2/c26-19(22-16(13-8-9-13)20-21-10-12-28-20)17-23-18(15-7-4-11-27-15)25(24-17)14-5-2-1-3-6-14/h1-7,10-13,16H,8-9H2,(H,22,26)/t16-/m1/s1. The third kappa shape index (κ3) is 3.36. The maximum Gasteiger partial charge on any atom is 0.291 e. The molecule has 3 aromatic heterocycles. The van der Waals surface area contributed by atoms with Crippen LogP contribution in [0, 0.1) is 5.92 Å². The fraction of sp³-hybridized carbons (Fsp3) is 0.200. The van der Waals surface area contributed by atoms with Crippen LogP contribution >= 0.6 is 22.7 Å². The first-order valence-corrected chi connectivity index (χ1v) is 10.8. The highest BCUT2D eigenvalue weighted by atomic mass is 32.1. The number of aromatic nitrogens is 4. The predicted molar refractivity (Wildman–Crippen MR) is 110 cm³/mol. The van der Waals surface area contributed by atoms with Gasteiger partial charge in [-0.15, -0.1) is 27.8 Å². The maximum atomic E-state index is 13.0. The second-order valence-electron chi connectivity index (χ2n) is 6.64. The molecule has 0 saturated heterocycles. The van der Waals surface area contributed by atoms with Crippen molar-refractivity contribution in [2.45, 2.75) is 18.9 Å². The number of amides is 1. The third-order valence-corrected chi connectivity index (χ3v) is 6.37. The van der Waals surface area contributed by atoms with E-state index in [1.165, 1.54) is 0 Å². The molecular formula is C20H17N5OS2. The van der Waals surface area contributed by atoms with Crippen LogP contribution in [0.4, 0.5) is 0 Å². The van der Waals surface area contributed by atoms with Crippen molar-refractivity contribution in [2.75, 3.05) is 0 Å². The monoisotopic (exact) mass is 407 g/mol. The molecule has 0 bridgehead atoms. The Balaban J connectivity index is 1.49. The van der Waals surface area contributed by atoms with Gasteiger partial charge in [-0.2, -0.15) is 0 Å². The maximum absolute atomic E-state index is 13.0. The van der Waals surface area contributed by atoms with E-state index in [1.807, 2.05) is 53.2 Å². The molecule has 0 radical (unpaired) electrons. The first-order valence-electron chi connectivity index (χ1n) is 9.06. The predicted octanol–water partition coefficient (Wildman–Crippen LogP) is 4.33. The molecule has 1 fully saturated rings. The number of thiophene rings is 1. The summed E-state index contributed by atoms with van der Waals surface area (Å²) in [6.45, 7) is 0. The van der Waals surface area contributed by atoms with Crippen molar-refractivity contribution in [3.05, 3.63) is 70.3 Å². The highest BCUT2D eigenvalue weighted by molar-refractivity contribution is 7.13. The molecule has 1 atom stereocenters. The van der Waals surface area contributed by atoms with E-state index in [2.05, 4.69) is 20.4 Å². The van der Waals surface area contributed by atoms with Crippen LogP contribution in [0.15, 0.2) is 59.4 Å². The van der Waals surface area contributed by atoms with Gasteiger partial charge >= 0.3 is 0 Å². The first-order chi connectivity index (χ1) is 13.8. The number of nitrogens with zero attached hydrogens (tertiary/aromatic N) is 4. The molecule has 0 unspecified atom stereocenters. The van der Waals surface area contributed by atoms with Crippen LogP contribution in [0.3, 0.4) is 0 Å². The van der Waals surface area contributed by atoms with E-state index >= 15 is 0 Å². The second-order valence-corrected chi connectivity index (χ2v) is 8.52. The van der Waals surface area contributed by atoms with Gasteiger partial charge in [0.1, 0.15) is 5.01 Å². The molecule has 1 aliphatic carbocycles. The smallest absolute Gasteiger partial charge is 0.291 e. The molecule has 0 spiro atoms. The molecule has 4 aromatic rings. The van der Waals surface area contributed by atoms with Crippen molar-refractivity contribution in [3.8, 4) is 16.4 Å². The van der Waals surface area contributed by atoms with Gasteiger partial charge < -0.3 is 5.32 Å². The number of carbonyl (C=O) groups is 1. The normalized spacial score (nSPS) is 14.7. The van der Waals surface area contributed by atoms with Crippen LogP contribution < -0.4 is 5.32 Å². The van der Waals surface area contributed by atoms with Gasteiger partial charge in [-0.3, -0.25) is 4.79 Å². The van der Waals surface area contributed by atoms with Gasteiger partial charge in [0.2, 0.25) is 5.82 Å². The van der Waals surface area contributed by atoms with E-state index < -0.39 is 0 Å². The Bertz CT molecular complexity index is 1070. The Morgan fingerprint density at radius 1 is 1.11 bits per heavy atom. The summed E-state index contributed by atoms with van der Waals surface area (Å²) in [7, 11) is 0. The molecule has 1 amide bonds. The molecular weight excluding hydrogens is 390 g/mol. The molecule has 5 rings (SSSR count). The van der Waals surface area contributed by atoms with Crippen molar-refractivity contribution < 1.29 is 4.79 Å². The quantitative estimate of drug-likeness (QED) is 0.516. The van der Waals surface area contributed by atoms with Crippen LogP contribution in [0.25, 0.3) is 16.4 Å². The third-order valence-electron chi connectivity index (χ3n) is 4.65. The Morgan fingerprint density at radius 3 is 2.64 bits per heavy atom. The van der Waals surface area contributed by atoms with E-state index in [-0.39, 0.29) is 17.8 Å². The topological polar surface area (TPSA) is 72.7 Å². The molecule has 1 N–H and O–H groups in total. The van der Waals surface area contributed by atoms with Crippen molar-refractivity contribution in [1.82, 2.24) is 25.1 Å². The van der Waals surface area contributed by atoms with Crippen LogP contribution in [0.2, 0.25) is 0 Å². The Kier molecular flexibility index (Phi) is 4.50. The molecule has 1 aliphatic rings. The summed E-state index contributed by atoms with van der Waals surface area (Å²) in [4.78, 5) is 22.9. The van der Waals surface area contributed by atoms with Gasteiger partial charge in [-0.25, -0.2) is 14.6 Å². The molecule has 1 aromatic carbocycles. The molecule has 28 heavy (non-hydrogen) atoms. The number of hydrogen-bond acceptors (Lipinski definition) is 6. The number of para-hydroxylation sites is 1. The lowest BCUT2D eigenvalue weighted by molar-refractivity contribution is 0.0921. The van der Waals surface area contributed by atoms with Gasteiger partial charge in [0.15, 0.2) is 5.82 Å². The summed E-state index contributed by atoms with van der Waals surface area (Å²) in [6, 6.07) is 13.6. The zero-order valence-corrected chi connectivity index (χ0v) is 16.5. The summed E-state index contributed by atoms with van der Waals surface area (Å²) in [5.74, 6) is 1.03. The van der Waals surface area contributed by atoms with E-state index in [9.17, 15) is 4.79 Å². The van der Waals surface area contributed by atoms with Gasteiger partial charge in [-0.1, -0.05) is 24.3 Å². The van der Waals surface area contributed by atoms with Crippen LogP contribution in [0.1, 0.15) is 34.5 Å². The zero-order chi connectivity index (χ0) is 18.9. The number of hydrogen-bond donors (Lipinski definition) is 1. The fourth-order valence-corrected chi connectivity index (χ4v) is 4.61. The average molecular weight is 408 g/mol. The van der Waals surface area contributed by atoms with Crippen molar-refractivity contribution in [1.29, 1.82) is 0 Å². The largest absolute Gasteiger partial charge is 0.340 e. The Morgan fingerprint density at radius 2 is 1.96 bits per heavy atom. The highest BCUT2D eigenvalue weighted by Crippen LogP contribution is 2.41. The van der Waals surface area contributed by atoms with Crippen LogP contribution in [-0.2, 0) is 0 Å². The highest BCUT2D eigenvalue weighted by Gasteiger charge is 2.36. The molecule has 3 heterocycles. The van der Waals surface area contributed by atoms with Crippen LogP contribution in [0.5, 0.6) is 0 Å². The van der Waals surface area contributed by atoms with Gasteiger partial charge in [0.05, 0.1) is 16.6 Å². The molecule has 1 saturated carbocycles. The van der Waals surface area contributed by atoms with Gasteiger partial charge in [-0.05, 0) is 42.3 Å². The average Bonchev–Trinajstić information content (AvgIpc) is 3.14. The molecule has 0 aliphatic heterocycles. The molecule has 140 valence electrons. The number of benzene rings is 1. The summed E-state index contributed by atoms with van der Waals surface area (Å²) in [6.07, 6.45) is 3.99. The summed E-state index contributed by atoms with van der Waals surface area (Å²) in [5.41, 5.74) is 0.871. The van der Waals surface area contributed by atoms with Crippen LogP contribution in [-0.4, -0.2) is 25.7 Å².